The molecule has 1 aliphatic heterocycles. The first-order valence-corrected chi connectivity index (χ1v) is 13.6. The van der Waals surface area contributed by atoms with Crippen molar-refractivity contribution in [2.75, 3.05) is 6.61 Å². The predicted molar refractivity (Wildman–Crippen MR) is 141 cm³/mol. The van der Waals surface area contributed by atoms with Crippen LogP contribution in [-0.2, 0) is 16.0 Å². The van der Waals surface area contributed by atoms with Crippen LogP contribution in [0.5, 0.6) is 5.75 Å². The maximum Gasteiger partial charge on any atom is 0.334 e. The van der Waals surface area contributed by atoms with E-state index in [2.05, 4.69) is 23.8 Å². The summed E-state index contributed by atoms with van der Waals surface area (Å²) in [7, 11) is 0. The van der Waals surface area contributed by atoms with Gasteiger partial charge in [-0.2, -0.15) is 0 Å². The maximum absolute atomic E-state index is 12.0. The van der Waals surface area contributed by atoms with Crippen molar-refractivity contribution < 1.29 is 14.3 Å². The number of nitrogens with zero attached hydrogens (tertiary/aromatic N) is 2. The van der Waals surface area contributed by atoms with E-state index >= 15 is 0 Å². The molecule has 1 aromatic carbocycles. The Bertz CT molecular complexity index is 906. The van der Waals surface area contributed by atoms with Crippen molar-refractivity contribution in [3.05, 3.63) is 53.9 Å². The molecule has 0 bridgehead atoms. The number of esters is 1. The van der Waals surface area contributed by atoms with Gasteiger partial charge in [-0.15, -0.1) is 0 Å². The first-order chi connectivity index (χ1) is 17.2. The van der Waals surface area contributed by atoms with Gasteiger partial charge in [0.15, 0.2) is 5.82 Å². The highest BCUT2D eigenvalue weighted by Gasteiger charge is 2.29. The molecule has 1 atom stereocenters. The molecule has 3 rings (SSSR count). The van der Waals surface area contributed by atoms with Gasteiger partial charge in [-0.25, -0.2) is 14.8 Å². The van der Waals surface area contributed by atoms with Gasteiger partial charge >= 0.3 is 5.97 Å². The van der Waals surface area contributed by atoms with E-state index in [4.69, 9.17) is 9.47 Å². The molecule has 1 aliphatic rings. The molecule has 0 amide bonds. The van der Waals surface area contributed by atoms with Crippen LogP contribution in [-0.4, -0.2) is 28.6 Å². The van der Waals surface area contributed by atoms with Crippen LogP contribution in [0.1, 0.15) is 96.5 Å². The smallest absolute Gasteiger partial charge is 0.334 e. The van der Waals surface area contributed by atoms with Gasteiger partial charge in [0.1, 0.15) is 18.5 Å². The van der Waals surface area contributed by atoms with E-state index in [0.717, 1.165) is 48.4 Å². The molecule has 0 saturated carbocycles. The fraction of sp³-hybridized carbons (Fsp3) is 0.567. The fourth-order valence-corrected chi connectivity index (χ4v) is 4.32. The van der Waals surface area contributed by atoms with Gasteiger partial charge in [0, 0.05) is 30.0 Å². The molecule has 0 aliphatic carbocycles. The second-order valence-corrected chi connectivity index (χ2v) is 9.58. The third kappa shape index (κ3) is 9.46. The van der Waals surface area contributed by atoms with Crippen LogP contribution in [0.25, 0.3) is 11.4 Å². The van der Waals surface area contributed by atoms with E-state index in [0.29, 0.717) is 13.0 Å². The summed E-state index contributed by atoms with van der Waals surface area (Å²) >= 11 is 0. The van der Waals surface area contributed by atoms with Gasteiger partial charge < -0.3 is 9.47 Å². The molecule has 0 radical (unpaired) electrons. The normalized spacial score (nSPS) is 16.6. The van der Waals surface area contributed by atoms with Gasteiger partial charge in [-0.3, -0.25) is 0 Å². The summed E-state index contributed by atoms with van der Waals surface area (Å²) in [5.41, 5.74) is 2.95. The van der Waals surface area contributed by atoms with Crippen LogP contribution in [0.15, 0.2) is 48.3 Å². The second kappa shape index (κ2) is 15.3. The van der Waals surface area contributed by atoms with Crippen molar-refractivity contribution >= 4 is 5.97 Å². The first-order valence-electron chi connectivity index (χ1n) is 13.6. The lowest BCUT2D eigenvalue weighted by Gasteiger charge is -2.11. The number of aryl methyl sites for hydroxylation is 1. The Labute approximate surface area is 211 Å². The van der Waals surface area contributed by atoms with Crippen molar-refractivity contribution in [1.82, 2.24) is 9.97 Å². The van der Waals surface area contributed by atoms with Gasteiger partial charge in [0.05, 0.1) is 0 Å². The zero-order valence-corrected chi connectivity index (χ0v) is 21.6. The van der Waals surface area contributed by atoms with Gasteiger partial charge in [0.2, 0.25) is 0 Å². The zero-order chi connectivity index (χ0) is 24.7. The van der Waals surface area contributed by atoms with Crippen LogP contribution < -0.4 is 4.74 Å². The van der Waals surface area contributed by atoms with Crippen LogP contribution in [0.2, 0.25) is 0 Å². The Balaban J connectivity index is 1.38. The third-order valence-corrected chi connectivity index (χ3v) is 6.50. The molecule has 1 saturated heterocycles. The molecule has 190 valence electrons. The first kappa shape index (κ1) is 26.9. The number of ether oxygens (including phenoxy) is 2. The minimum Gasteiger partial charge on any atom is -0.490 e. The summed E-state index contributed by atoms with van der Waals surface area (Å²) in [4.78, 5) is 21.1. The minimum atomic E-state index is -0.216. The quantitative estimate of drug-likeness (QED) is 0.141. The maximum atomic E-state index is 12.0. The molecular weight excluding hydrogens is 436 g/mol. The summed E-state index contributed by atoms with van der Waals surface area (Å²) in [6, 6.07) is 7.78. The van der Waals surface area contributed by atoms with E-state index < -0.39 is 0 Å². The Morgan fingerprint density at radius 3 is 2.26 bits per heavy atom. The van der Waals surface area contributed by atoms with Gasteiger partial charge in [0.25, 0.3) is 0 Å². The largest absolute Gasteiger partial charge is 0.490 e. The monoisotopic (exact) mass is 478 g/mol. The number of hydrogen-bond acceptors (Lipinski definition) is 5. The lowest BCUT2D eigenvalue weighted by molar-refractivity contribution is -0.139. The van der Waals surface area contributed by atoms with E-state index in [-0.39, 0.29) is 12.1 Å². The summed E-state index contributed by atoms with van der Waals surface area (Å²) in [6.45, 7) is 4.77. The van der Waals surface area contributed by atoms with Crippen LogP contribution >= 0.6 is 0 Å². The van der Waals surface area contributed by atoms with E-state index in [1.54, 1.807) is 0 Å². The predicted octanol–water partition coefficient (Wildman–Crippen LogP) is 7.64. The SMILES string of the molecule is CCCCC=C1CC(COc2ccc(-c3ncc(CCCCCCCCCC)cn3)cc2)OC1=O. The molecule has 1 fully saturated rings. The lowest BCUT2D eigenvalue weighted by atomic mass is 10.1. The summed E-state index contributed by atoms with van der Waals surface area (Å²) in [5.74, 6) is 1.27. The topological polar surface area (TPSA) is 61.3 Å². The lowest BCUT2D eigenvalue weighted by Crippen LogP contribution is -2.17. The average Bonchev–Trinajstić information content (AvgIpc) is 3.24. The summed E-state index contributed by atoms with van der Waals surface area (Å²) in [5, 5.41) is 0. The molecule has 2 aromatic rings. The number of unbranched alkanes of at least 4 members (excludes halogenated alkanes) is 9. The van der Waals surface area contributed by atoms with Crippen LogP contribution in [0.4, 0.5) is 0 Å². The van der Waals surface area contributed by atoms with Crippen molar-refractivity contribution in [3.63, 3.8) is 0 Å². The molecule has 0 spiro atoms. The van der Waals surface area contributed by atoms with Gasteiger partial charge in [-0.1, -0.05) is 77.7 Å². The number of carbonyl (C=O) groups is 1. The van der Waals surface area contributed by atoms with Crippen LogP contribution in [0, 0.1) is 0 Å². The van der Waals surface area contributed by atoms with Crippen molar-refractivity contribution in [2.45, 2.75) is 103 Å². The number of rotatable bonds is 16. The highest BCUT2D eigenvalue weighted by atomic mass is 16.6. The molecule has 5 nitrogen and oxygen atoms in total. The molecule has 35 heavy (non-hydrogen) atoms. The fourth-order valence-electron chi connectivity index (χ4n) is 4.32. The average molecular weight is 479 g/mol. The Morgan fingerprint density at radius 1 is 0.914 bits per heavy atom. The minimum absolute atomic E-state index is 0.201. The van der Waals surface area contributed by atoms with E-state index in [9.17, 15) is 4.79 Å². The highest BCUT2D eigenvalue weighted by molar-refractivity contribution is 5.90. The third-order valence-electron chi connectivity index (χ3n) is 6.50. The van der Waals surface area contributed by atoms with Crippen LogP contribution in [0.3, 0.4) is 0 Å². The highest BCUT2D eigenvalue weighted by Crippen LogP contribution is 2.24. The molecule has 2 heterocycles. The van der Waals surface area contributed by atoms with Crippen molar-refractivity contribution in [2.24, 2.45) is 0 Å². The standard InChI is InChI=1S/C30H42N2O3/c1-3-5-7-8-9-10-11-13-14-24-21-31-29(32-22-24)25-16-18-27(19-17-25)34-23-28-20-26(30(33)35-28)15-12-6-4-2/h15-19,21-22,28H,3-14,20,23H2,1-2H3. The molecule has 1 aromatic heterocycles. The van der Waals surface area contributed by atoms with Gasteiger partial charge in [-0.05, 0) is 49.1 Å². The number of cyclic esters (lactones) is 1. The number of allylic oxidation sites excluding steroid dienone is 1. The number of carbonyl (C=O) groups excluding carboxylic acids is 1. The molecular formula is C30H42N2O3. The molecule has 5 heteroatoms. The van der Waals surface area contributed by atoms with E-state index in [1.165, 1.54) is 56.9 Å². The number of benzene rings is 1. The Hall–Kier alpha value is -2.69. The summed E-state index contributed by atoms with van der Waals surface area (Å²) < 4.78 is 11.3. The second-order valence-electron chi connectivity index (χ2n) is 9.58. The number of aromatic nitrogens is 2. The Morgan fingerprint density at radius 2 is 1.57 bits per heavy atom. The van der Waals surface area contributed by atoms with Crippen molar-refractivity contribution in [3.8, 4) is 17.1 Å². The Kier molecular flexibility index (Phi) is 11.8. The number of hydrogen-bond donors (Lipinski definition) is 0. The zero-order valence-electron chi connectivity index (χ0n) is 21.6. The molecule has 0 N–H and O–H groups in total. The van der Waals surface area contributed by atoms with E-state index in [1.807, 2.05) is 42.7 Å². The van der Waals surface area contributed by atoms with Crippen molar-refractivity contribution in [1.29, 1.82) is 0 Å². The molecule has 1 unspecified atom stereocenters. The summed E-state index contributed by atoms with van der Waals surface area (Å²) in [6.07, 6.45) is 21.1.